The molecule has 0 aromatic heterocycles. The van der Waals surface area contributed by atoms with E-state index in [1.165, 1.54) is 0 Å². The fourth-order valence-corrected chi connectivity index (χ4v) is 1.03. The molecule has 1 N–H and O–H groups in total. The van der Waals surface area contributed by atoms with Crippen LogP contribution in [-0.4, -0.2) is 25.3 Å². The van der Waals surface area contributed by atoms with Gasteiger partial charge in [-0.3, -0.25) is 4.55 Å². The summed E-state index contributed by atoms with van der Waals surface area (Å²) in [5.41, 5.74) is 0. The van der Waals surface area contributed by atoms with Crippen molar-refractivity contribution in [3.05, 3.63) is 30.3 Å². The lowest BCUT2D eigenvalue weighted by Gasteiger charge is -2.03. The second-order valence-electron chi connectivity index (χ2n) is 2.37. The number of rotatable bonds is 4. The zero-order valence-corrected chi connectivity index (χ0v) is 7.62. The van der Waals surface area contributed by atoms with Gasteiger partial charge in [0.05, 0.1) is 0 Å². The second kappa shape index (κ2) is 4.25. The zero-order chi connectivity index (χ0) is 9.73. The summed E-state index contributed by atoms with van der Waals surface area (Å²) in [7, 11) is -3.93. The van der Waals surface area contributed by atoms with Gasteiger partial charge in [-0.1, -0.05) is 12.1 Å². The van der Waals surface area contributed by atoms with Crippen LogP contribution in [0.3, 0.4) is 0 Å². The van der Waals surface area contributed by atoms with Crippen LogP contribution in [0, 0.1) is 6.07 Å². The average Bonchev–Trinajstić information content (AvgIpc) is 2.04. The van der Waals surface area contributed by atoms with Crippen molar-refractivity contribution in [1.29, 1.82) is 0 Å². The van der Waals surface area contributed by atoms with Crippen LogP contribution in [0.15, 0.2) is 24.3 Å². The van der Waals surface area contributed by atoms with Gasteiger partial charge in [-0.25, -0.2) is 0 Å². The van der Waals surface area contributed by atoms with Crippen molar-refractivity contribution >= 4 is 10.1 Å². The van der Waals surface area contributed by atoms with Gasteiger partial charge < -0.3 is 4.74 Å². The Kier molecular flexibility index (Phi) is 3.27. The molecule has 0 bridgehead atoms. The van der Waals surface area contributed by atoms with Gasteiger partial charge in [0.1, 0.15) is 18.1 Å². The van der Waals surface area contributed by atoms with Gasteiger partial charge in [-0.05, 0) is 18.2 Å². The first kappa shape index (κ1) is 10.0. The maximum absolute atomic E-state index is 10.3. The van der Waals surface area contributed by atoms with Crippen LogP contribution in [-0.2, 0) is 10.1 Å². The fraction of sp³-hybridized carbons (Fsp3) is 0.250. The topological polar surface area (TPSA) is 63.6 Å². The lowest BCUT2D eigenvalue weighted by atomic mass is 10.3. The van der Waals surface area contributed by atoms with Gasteiger partial charge in [0.2, 0.25) is 0 Å². The SMILES string of the molecule is O=S(=O)(O)CCOc1cc[c]cc1. The molecule has 0 heterocycles. The van der Waals surface area contributed by atoms with E-state index < -0.39 is 15.9 Å². The van der Waals surface area contributed by atoms with Crippen LogP contribution in [0.25, 0.3) is 0 Å². The molecule has 0 saturated carbocycles. The fourth-order valence-electron chi connectivity index (χ4n) is 0.733. The summed E-state index contributed by atoms with van der Waals surface area (Å²) < 4.78 is 34.0. The predicted octanol–water partition coefficient (Wildman–Crippen LogP) is 0.753. The van der Waals surface area contributed by atoms with E-state index in [1.54, 1.807) is 24.3 Å². The Labute approximate surface area is 76.9 Å². The van der Waals surface area contributed by atoms with Crippen molar-refractivity contribution in [1.82, 2.24) is 0 Å². The first-order valence-electron chi connectivity index (χ1n) is 3.62. The largest absolute Gasteiger partial charge is 0.492 e. The Bertz CT molecular complexity index is 344. The Morgan fingerprint density at radius 2 is 2.00 bits per heavy atom. The molecule has 71 valence electrons. The van der Waals surface area contributed by atoms with Crippen molar-refractivity contribution in [2.45, 2.75) is 0 Å². The molecule has 0 amide bonds. The molecular formula is C8H9O4S. The average molecular weight is 201 g/mol. The van der Waals surface area contributed by atoms with E-state index in [0.29, 0.717) is 5.75 Å². The summed E-state index contributed by atoms with van der Waals surface area (Å²) in [6.45, 7) is -0.0527. The molecule has 1 radical (unpaired) electrons. The van der Waals surface area contributed by atoms with Crippen molar-refractivity contribution in [3.63, 3.8) is 0 Å². The summed E-state index contributed by atoms with van der Waals surface area (Å²) in [6.07, 6.45) is 0. The first-order chi connectivity index (χ1) is 6.08. The van der Waals surface area contributed by atoms with Gasteiger partial charge in [0, 0.05) is 0 Å². The second-order valence-corrected chi connectivity index (χ2v) is 3.94. The maximum atomic E-state index is 10.3. The molecule has 0 aliphatic heterocycles. The molecule has 0 aliphatic carbocycles. The lowest BCUT2D eigenvalue weighted by molar-refractivity contribution is 0.336. The molecule has 0 unspecified atom stereocenters. The van der Waals surface area contributed by atoms with Crippen LogP contribution in [0.4, 0.5) is 0 Å². The minimum atomic E-state index is -3.93. The number of hydrogen-bond acceptors (Lipinski definition) is 3. The molecule has 0 fully saturated rings. The third kappa shape index (κ3) is 4.49. The van der Waals surface area contributed by atoms with Crippen LogP contribution in [0.5, 0.6) is 5.75 Å². The number of hydrogen-bond donors (Lipinski definition) is 1. The summed E-state index contributed by atoms with van der Waals surface area (Å²) in [5.74, 6) is 0.161. The first-order valence-corrected chi connectivity index (χ1v) is 5.23. The standard InChI is InChI=1S/C8H9O4S/c9-13(10,11)7-6-12-8-4-2-1-3-5-8/h2-5H,6-7H2,(H,9,10,11). The smallest absolute Gasteiger partial charge is 0.268 e. The van der Waals surface area contributed by atoms with Crippen LogP contribution >= 0.6 is 0 Å². The summed E-state index contributed by atoms with van der Waals surface area (Å²) in [4.78, 5) is 0. The van der Waals surface area contributed by atoms with Crippen LogP contribution in [0.1, 0.15) is 0 Å². The highest BCUT2D eigenvalue weighted by atomic mass is 32.2. The molecule has 0 saturated heterocycles. The lowest BCUT2D eigenvalue weighted by Crippen LogP contribution is -2.12. The Morgan fingerprint density at radius 1 is 1.38 bits per heavy atom. The van der Waals surface area contributed by atoms with Crippen molar-refractivity contribution in [2.75, 3.05) is 12.4 Å². The molecular weight excluding hydrogens is 192 g/mol. The van der Waals surface area contributed by atoms with Crippen molar-refractivity contribution in [3.8, 4) is 5.75 Å². The Balaban J connectivity index is 2.37. The summed E-state index contributed by atoms with van der Waals surface area (Å²) in [6, 6.07) is 9.42. The third-order valence-electron chi connectivity index (χ3n) is 1.30. The quantitative estimate of drug-likeness (QED) is 0.730. The highest BCUT2D eigenvalue weighted by Crippen LogP contribution is 2.07. The highest BCUT2D eigenvalue weighted by molar-refractivity contribution is 7.85. The zero-order valence-electron chi connectivity index (χ0n) is 6.80. The van der Waals surface area contributed by atoms with Crippen LogP contribution in [0.2, 0.25) is 0 Å². The molecule has 1 aromatic rings. The molecule has 0 spiro atoms. The van der Waals surface area contributed by atoms with E-state index >= 15 is 0 Å². The molecule has 13 heavy (non-hydrogen) atoms. The molecule has 1 aromatic carbocycles. The van der Waals surface area contributed by atoms with E-state index in [0.717, 1.165) is 0 Å². The van der Waals surface area contributed by atoms with Gasteiger partial charge in [-0.15, -0.1) is 0 Å². The molecule has 5 heteroatoms. The van der Waals surface area contributed by atoms with E-state index in [4.69, 9.17) is 9.29 Å². The molecule has 4 nitrogen and oxygen atoms in total. The number of benzene rings is 1. The van der Waals surface area contributed by atoms with E-state index in [9.17, 15) is 8.42 Å². The third-order valence-corrected chi connectivity index (χ3v) is 1.98. The normalized spacial score (nSPS) is 11.2. The minimum Gasteiger partial charge on any atom is -0.492 e. The van der Waals surface area contributed by atoms with Gasteiger partial charge in [0.25, 0.3) is 10.1 Å². The van der Waals surface area contributed by atoms with Crippen molar-refractivity contribution in [2.24, 2.45) is 0 Å². The molecule has 1 rings (SSSR count). The number of ether oxygens (including phenoxy) is 1. The molecule has 0 aliphatic rings. The van der Waals surface area contributed by atoms with E-state index in [1.807, 2.05) is 0 Å². The summed E-state index contributed by atoms with van der Waals surface area (Å²) in [5, 5.41) is 0. The van der Waals surface area contributed by atoms with E-state index in [-0.39, 0.29) is 6.61 Å². The van der Waals surface area contributed by atoms with Gasteiger partial charge in [0.15, 0.2) is 0 Å². The predicted molar refractivity (Wildman–Crippen MR) is 47.2 cm³/mol. The van der Waals surface area contributed by atoms with Crippen molar-refractivity contribution < 1.29 is 17.7 Å². The van der Waals surface area contributed by atoms with Crippen LogP contribution < -0.4 is 4.74 Å². The maximum Gasteiger partial charge on any atom is 0.268 e. The van der Waals surface area contributed by atoms with E-state index in [2.05, 4.69) is 6.07 Å². The monoisotopic (exact) mass is 201 g/mol. The highest BCUT2D eigenvalue weighted by Gasteiger charge is 2.03. The van der Waals surface area contributed by atoms with Gasteiger partial charge >= 0.3 is 0 Å². The van der Waals surface area contributed by atoms with Gasteiger partial charge in [-0.2, -0.15) is 8.42 Å². The molecule has 0 atom stereocenters. The minimum absolute atomic E-state index is 0.0527. The summed E-state index contributed by atoms with van der Waals surface area (Å²) >= 11 is 0. The Morgan fingerprint density at radius 3 is 2.54 bits per heavy atom. The Hall–Kier alpha value is -1.07.